The second-order valence-corrected chi connectivity index (χ2v) is 23.1. The van der Waals surface area contributed by atoms with Gasteiger partial charge in [-0.1, -0.05) is 24.3 Å². The van der Waals surface area contributed by atoms with Crippen LogP contribution in [0.15, 0.2) is 89.8 Å². The fraction of sp³-hybridized carbons (Fsp3) is 0.537. The number of nitrogens with one attached hydrogen (secondary N) is 2. The fourth-order valence-electron chi connectivity index (χ4n) is 11.7. The number of ether oxygens (including phenoxy) is 2. The van der Waals surface area contributed by atoms with Gasteiger partial charge in [0.25, 0.3) is 21.6 Å². The van der Waals surface area contributed by atoms with Gasteiger partial charge in [0, 0.05) is 87.3 Å². The minimum absolute atomic E-state index is 0.0327. The van der Waals surface area contributed by atoms with E-state index in [4.69, 9.17) is 9.47 Å². The van der Waals surface area contributed by atoms with Crippen LogP contribution >= 0.6 is 0 Å². The minimum Gasteiger partial charge on any atom is -0.491 e. The maximum absolute atomic E-state index is 15.7. The number of aliphatic hydroxyl groups is 1. The summed E-state index contributed by atoms with van der Waals surface area (Å²) < 4.78 is 56.5. The number of halogens is 1. The van der Waals surface area contributed by atoms with Crippen molar-refractivity contribution in [1.82, 2.24) is 14.5 Å². The van der Waals surface area contributed by atoms with Crippen LogP contribution in [0.1, 0.15) is 107 Å². The minimum atomic E-state index is -4.43. The highest BCUT2D eigenvalue weighted by Crippen LogP contribution is 2.53. The lowest BCUT2D eigenvalue weighted by Crippen LogP contribution is -2.59. The SMILES string of the molecule is CC(C)Oc1ccccc1[C@H]1CN(Cc2ccc(N3CCOC[C@H]3C)c(F)c2)CCN1C1CC2(CCN(c3ccc(C(=O)NS(=O)(=O)c4ccc(NCC5CCC(C)(O)CC5)c([N+](=O)[O-])c4)cc3)CC2)C1. The van der Waals surface area contributed by atoms with E-state index in [1.165, 1.54) is 17.7 Å². The molecule has 9 rings (SSSR count). The second kappa shape index (κ2) is 21.0. The van der Waals surface area contributed by atoms with Gasteiger partial charge in [0.15, 0.2) is 0 Å². The van der Waals surface area contributed by atoms with E-state index in [-0.39, 0.29) is 51.5 Å². The molecule has 0 radical (unpaired) electrons. The standard InChI is InChI=1S/C54H70FN7O8S/c1-37(2)70-51-8-6-5-7-45(51)50-35-58(34-40-9-16-48(46(55)29-40)60-27-28-69-36-38(60)3)25-26-61(50)43-31-54(32-43)21-23-59(24-22-54)42-12-10-41(11-13-42)52(63)57-71(67,68)44-14-15-47(49(30-44)62(65)66)56-33-39-17-19-53(4,64)20-18-39/h5-16,29-30,37-39,43,50,56,64H,17-28,31-36H2,1-4H3,(H,57,63)/t38-,39?,50-,53?/m1/s1. The largest absolute Gasteiger partial charge is 0.491 e. The van der Waals surface area contributed by atoms with Crippen molar-refractivity contribution < 1.29 is 37.1 Å². The Morgan fingerprint density at radius 2 is 1.69 bits per heavy atom. The number of hydrogen-bond acceptors (Lipinski definition) is 13. The number of nitro groups is 1. The van der Waals surface area contributed by atoms with Crippen LogP contribution in [-0.4, -0.2) is 117 Å². The first kappa shape index (κ1) is 50.6. The zero-order valence-corrected chi connectivity index (χ0v) is 42.3. The Labute approximate surface area is 417 Å². The van der Waals surface area contributed by atoms with Gasteiger partial charge in [-0.15, -0.1) is 0 Å². The monoisotopic (exact) mass is 995 g/mol. The first-order valence-corrected chi connectivity index (χ1v) is 27.0. The van der Waals surface area contributed by atoms with Gasteiger partial charge < -0.3 is 29.7 Å². The zero-order valence-electron chi connectivity index (χ0n) is 41.5. The topological polar surface area (TPSA) is 170 Å². The summed E-state index contributed by atoms with van der Waals surface area (Å²) in [6, 6.07) is 25.3. The molecule has 5 fully saturated rings. The Balaban J connectivity index is 0.796. The molecule has 15 nitrogen and oxygen atoms in total. The molecule has 2 atom stereocenters. The van der Waals surface area contributed by atoms with Crippen LogP contribution in [0.5, 0.6) is 5.75 Å². The lowest BCUT2D eigenvalue weighted by molar-refractivity contribution is -0.384. The maximum atomic E-state index is 15.7. The molecule has 3 N–H and O–H groups in total. The molecule has 3 aliphatic heterocycles. The molecule has 382 valence electrons. The van der Waals surface area contributed by atoms with Crippen LogP contribution in [0.2, 0.25) is 0 Å². The van der Waals surface area contributed by atoms with Crippen molar-refractivity contribution in [2.75, 3.05) is 74.1 Å². The molecule has 1 amide bonds. The molecule has 0 aromatic heterocycles. The van der Waals surface area contributed by atoms with Crippen LogP contribution in [0.4, 0.5) is 27.1 Å². The summed E-state index contributed by atoms with van der Waals surface area (Å²) in [4.78, 5) is 33.9. The molecule has 4 aromatic rings. The van der Waals surface area contributed by atoms with E-state index >= 15 is 4.39 Å². The summed E-state index contributed by atoms with van der Waals surface area (Å²) >= 11 is 0. The summed E-state index contributed by atoms with van der Waals surface area (Å²) in [6.45, 7) is 15.3. The fourth-order valence-corrected chi connectivity index (χ4v) is 12.7. The Hall–Kier alpha value is -5.33. The molecule has 2 saturated carbocycles. The highest BCUT2D eigenvalue weighted by atomic mass is 32.2. The zero-order chi connectivity index (χ0) is 50.1. The third-order valence-electron chi connectivity index (χ3n) is 15.8. The van der Waals surface area contributed by atoms with E-state index in [1.54, 1.807) is 18.2 Å². The van der Waals surface area contributed by atoms with Gasteiger partial charge >= 0.3 is 0 Å². The number of rotatable bonds is 15. The molecule has 0 bridgehead atoms. The van der Waals surface area contributed by atoms with Gasteiger partial charge in [-0.05, 0) is 151 Å². The molecule has 3 heterocycles. The van der Waals surface area contributed by atoms with Crippen LogP contribution in [0.25, 0.3) is 0 Å². The van der Waals surface area contributed by atoms with Gasteiger partial charge in [0.2, 0.25) is 0 Å². The predicted molar refractivity (Wildman–Crippen MR) is 273 cm³/mol. The molecule has 3 saturated heterocycles. The van der Waals surface area contributed by atoms with Crippen LogP contribution in [-0.2, 0) is 21.3 Å². The Morgan fingerprint density at radius 3 is 2.38 bits per heavy atom. The van der Waals surface area contributed by atoms with Crippen LogP contribution in [0, 0.1) is 27.3 Å². The van der Waals surface area contributed by atoms with Gasteiger partial charge in [-0.3, -0.25) is 24.7 Å². The molecule has 17 heteroatoms. The van der Waals surface area contributed by atoms with Crippen LogP contribution in [0.3, 0.4) is 0 Å². The van der Waals surface area contributed by atoms with E-state index in [1.807, 2.05) is 31.2 Å². The quantitative estimate of drug-likeness (QED) is 0.0766. The van der Waals surface area contributed by atoms with Crippen molar-refractivity contribution in [3.05, 3.63) is 118 Å². The second-order valence-electron chi connectivity index (χ2n) is 21.4. The molecule has 4 aromatic carbocycles. The van der Waals surface area contributed by atoms with Crippen molar-refractivity contribution >= 4 is 38.7 Å². The van der Waals surface area contributed by atoms with E-state index in [2.05, 4.69) is 74.7 Å². The number of nitro benzene ring substituents is 1. The number of piperazine rings is 1. The van der Waals surface area contributed by atoms with Crippen molar-refractivity contribution in [3.8, 4) is 5.75 Å². The number of para-hydroxylation sites is 1. The van der Waals surface area contributed by atoms with Gasteiger partial charge in [-0.25, -0.2) is 17.5 Å². The molecule has 5 aliphatic rings. The van der Waals surface area contributed by atoms with Crippen molar-refractivity contribution in [3.63, 3.8) is 0 Å². The highest BCUT2D eigenvalue weighted by Gasteiger charge is 2.50. The van der Waals surface area contributed by atoms with Gasteiger partial charge in [-0.2, -0.15) is 0 Å². The Morgan fingerprint density at radius 1 is 0.958 bits per heavy atom. The number of nitrogens with zero attached hydrogens (tertiary/aromatic N) is 5. The third kappa shape index (κ3) is 11.6. The molecule has 1 spiro atoms. The van der Waals surface area contributed by atoms with Crippen molar-refractivity contribution in [2.24, 2.45) is 11.3 Å². The lowest BCUT2D eigenvalue weighted by Gasteiger charge is -2.58. The van der Waals surface area contributed by atoms with E-state index < -0.39 is 32.1 Å². The summed E-state index contributed by atoms with van der Waals surface area (Å²) in [5.74, 6) is 0.121. The average Bonchev–Trinajstić information content (AvgIpc) is 3.33. The van der Waals surface area contributed by atoms with Gasteiger partial charge in [0.05, 0.1) is 46.5 Å². The number of benzene rings is 4. The predicted octanol–water partition coefficient (Wildman–Crippen LogP) is 8.53. The number of amides is 1. The summed E-state index contributed by atoms with van der Waals surface area (Å²) in [5, 5.41) is 25.4. The number of carbonyl (C=O) groups is 1. The average molecular weight is 996 g/mol. The summed E-state index contributed by atoms with van der Waals surface area (Å²) in [7, 11) is -4.43. The summed E-state index contributed by atoms with van der Waals surface area (Å²) in [6.07, 6.45) is 7.18. The molecule has 2 aliphatic carbocycles. The van der Waals surface area contributed by atoms with Crippen LogP contribution < -0.4 is 24.6 Å². The van der Waals surface area contributed by atoms with Gasteiger partial charge in [0.1, 0.15) is 17.3 Å². The first-order valence-electron chi connectivity index (χ1n) is 25.5. The van der Waals surface area contributed by atoms with E-state index in [9.17, 15) is 28.4 Å². The first-order chi connectivity index (χ1) is 33.9. The highest BCUT2D eigenvalue weighted by molar-refractivity contribution is 7.90. The number of hydrogen-bond donors (Lipinski definition) is 3. The number of carbonyl (C=O) groups excluding carboxylic acids is 1. The maximum Gasteiger partial charge on any atom is 0.293 e. The number of morpholine rings is 1. The number of sulfonamides is 1. The number of anilines is 3. The molecular weight excluding hydrogens is 926 g/mol. The molecule has 71 heavy (non-hydrogen) atoms. The third-order valence-corrected chi connectivity index (χ3v) is 17.2. The Bertz CT molecular complexity index is 2640. The normalized spacial score (nSPS) is 24.4. The molecular formula is C54H70FN7O8S. The molecule has 0 unspecified atom stereocenters. The summed E-state index contributed by atoms with van der Waals surface area (Å²) in [5.41, 5.74) is 3.24. The van der Waals surface area contributed by atoms with E-state index in [0.29, 0.717) is 57.4 Å². The smallest absolute Gasteiger partial charge is 0.293 e. The van der Waals surface area contributed by atoms with E-state index in [0.717, 1.165) is 94.3 Å². The van der Waals surface area contributed by atoms with Crippen molar-refractivity contribution in [2.45, 2.75) is 120 Å². The Kier molecular flexibility index (Phi) is 15.0. The number of piperidine rings is 1. The lowest BCUT2D eigenvalue weighted by atomic mass is 9.59. The van der Waals surface area contributed by atoms with Crippen molar-refractivity contribution in [1.29, 1.82) is 0 Å².